The van der Waals surface area contributed by atoms with E-state index in [0.717, 1.165) is 15.6 Å². The lowest BCUT2D eigenvalue weighted by molar-refractivity contribution is 0.219. The highest BCUT2D eigenvalue weighted by Crippen LogP contribution is 2.30. The lowest BCUT2D eigenvalue weighted by Crippen LogP contribution is -2.11. The molecule has 0 radical (unpaired) electrons. The Morgan fingerprint density at radius 3 is 2.05 bits per heavy atom. The summed E-state index contributed by atoms with van der Waals surface area (Å²) in [6.07, 6.45) is -0.593. The van der Waals surface area contributed by atoms with Crippen LogP contribution in [0.4, 0.5) is 0 Å². The Labute approximate surface area is 123 Å². The first-order chi connectivity index (χ1) is 8.89. The monoisotopic (exact) mass is 318 g/mol. The number of hydrogen-bond acceptors (Lipinski definition) is 1. The molecule has 0 spiro atoms. The average Bonchev–Trinajstić information content (AvgIpc) is 2.38. The van der Waals surface area contributed by atoms with Gasteiger partial charge < -0.3 is 5.11 Å². The smallest absolute Gasteiger partial charge is 0.105 e. The number of hydrogen-bond donors (Lipinski definition) is 1. The molecule has 0 amide bonds. The highest BCUT2D eigenvalue weighted by Gasteiger charge is 2.16. The van der Waals surface area contributed by atoms with Crippen molar-refractivity contribution >= 4 is 15.9 Å². The van der Waals surface area contributed by atoms with E-state index in [0.29, 0.717) is 0 Å². The van der Waals surface area contributed by atoms with E-state index >= 15 is 0 Å². The van der Waals surface area contributed by atoms with E-state index in [-0.39, 0.29) is 5.41 Å². The van der Waals surface area contributed by atoms with Crippen LogP contribution in [0.3, 0.4) is 0 Å². The quantitative estimate of drug-likeness (QED) is 0.841. The summed E-state index contributed by atoms with van der Waals surface area (Å²) >= 11 is 3.48. The van der Waals surface area contributed by atoms with Gasteiger partial charge in [-0.15, -0.1) is 0 Å². The molecule has 0 bridgehead atoms. The molecule has 2 heteroatoms. The highest BCUT2D eigenvalue weighted by atomic mass is 79.9. The minimum Gasteiger partial charge on any atom is -0.384 e. The van der Waals surface area contributed by atoms with Gasteiger partial charge in [0.05, 0.1) is 0 Å². The summed E-state index contributed by atoms with van der Waals surface area (Å²) in [5.74, 6) is 0. The first kappa shape index (κ1) is 14.3. The van der Waals surface area contributed by atoms with Gasteiger partial charge in [-0.2, -0.15) is 0 Å². The molecule has 2 aromatic rings. The fourth-order valence-corrected chi connectivity index (χ4v) is 2.54. The Morgan fingerprint density at radius 2 is 1.53 bits per heavy atom. The molecule has 1 atom stereocenters. The van der Waals surface area contributed by atoms with Crippen molar-refractivity contribution in [3.63, 3.8) is 0 Å². The van der Waals surface area contributed by atoms with Crippen LogP contribution in [-0.2, 0) is 5.41 Å². The van der Waals surface area contributed by atoms with Crippen LogP contribution in [0.2, 0.25) is 0 Å². The van der Waals surface area contributed by atoms with E-state index in [4.69, 9.17) is 0 Å². The van der Waals surface area contributed by atoms with Crippen LogP contribution in [0.1, 0.15) is 43.6 Å². The Morgan fingerprint density at radius 1 is 0.947 bits per heavy atom. The molecule has 0 fully saturated rings. The third-order valence-electron chi connectivity index (χ3n) is 3.29. The van der Waals surface area contributed by atoms with Crippen LogP contribution in [0.15, 0.2) is 53.0 Å². The number of benzene rings is 2. The van der Waals surface area contributed by atoms with Gasteiger partial charge in [-0.3, -0.25) is 0 Å². The summed E-state index contributed by atoms with van der Waals surface area (Å²) in [6.45, 7) is 6.56. The first-order valence-electron chi connectivity index (χ1n) is 6.42. The molecule has 0 aliphatic heterocycles. The van der Waals surface area contributed by atoms with Crippen molar-refractivity contribution in [3.05, 3.63) is 69.7 Å². The molecule has 0 heterocycles. The minimum absolute atomic E-state index is 0.136. The van der Waals surface area contributed by atoms with Crippen LogP contribution in [-0.4, -0.2) is 5.11 Å². The predicted molar refractivity (Wildman–Crippen MR) is 83.3 cm³/mol. The number of halogens is 1. The molecule has 0 aliphatic rings. The lowest BCUT2D eigenvalue weighted by atomic mass is 9.86. The maximum absolute atomic E-state index is 10.4. The third kappa shape index (κ3) is 3.26. The van der Waals surface area contributed by atoms with Gasteiger partial charge in [0, 0.05) is 4.47 Å². The average molecular weight is 319 g/mol. The lowest BCUT2D eigenvalue weighted by Gasteiger charge is -2.20. The van der Waals surface area contributed by atoms with Gasteiger partial charge in [-0.1, -0.05) is 79.2 Å². The standard InChI is InChI=1S/C17H19BrO/c1-17(2,3)13-10-8-12(9-11-13)16(19)14-6-4-5-7-15(14)18/h4-11,16,19H,1-3H3. The van der Waals surface area contributed by atoms with Gasteiger partial charge >= 0.3 is 0 Å². The van der Waals surface area contributed by atoms with E-state index in [1.54, 1.807) is 0 Å². The van der Waals surface area contributed by atoms with E-state index in [2.05, 4.69) is 48.8 Å². The molecule has 0 saturated carbocycles. The molecular formula is C17H19BrO. The first-order valence-corrected chi connectivity index (χ1v) is 7.22. The number of aliphatic hydroxyl groups excluding tert-OH is 1. The summed E-state index contributed by atoms with van der Waals surface area (Å²) in [4.78, 5) is 0. The Balaban J connectivity index is 2.31. The Kier molecular flexibility index (Phi) is 4.12. The zero-order valence-electron chi connectivity index (χ0n) is 11.5. The second-order valence-electron chi connectivity index (χ2n) is 5.80. The fourth-order valence-electron chi connectivity index (χ4n) is 2.04. The van der Waals surface area contributed by atoms with Crippen molar-refractivity contribution in [2.45, 2.75) is 32.3 Å². The third-order valence-corrected chi connectivity index (χ3v) is 4.01. The highest BCUT2D eigenvalue weighted by molar-refractivity contribution is 9.10. The molecule has 1 N–H and O–H groups in total. The van der Waals surface area contributed by atoms with Crippen molar-refractivity contribution in [2.24, 2.45) is 0 Å². The van der Waals surface area contributed by atoms with Gasteiger partial charge in [0.15, 0.2) is 0 Å². The van der Waals surface area contributed by atoms with Crippen LogP contribution < -0.4 is 0 Å². The van der Waals surface area contributed by atoms with Crippen LogP contribution in [0.25, 0.3) is 0 Å². The van der Waals surface area contributed by atoms with E-state index < -0.39 is 6.10 Å². The van der Waals surface area contributed by atoms with Crippen LogP contribution >= 0.6 is 15.9 Å². The molecule has 19 heavy (non-hydrogen) atoms. The number of rotatable bonds is 2. The topological polar surface area (TPSA) is 20.2 Å². The van der Waals surface area contributed by atoms with Crippen molar-refractivity contribution in [1.82, 2.24) is 0 Å². The SMILES string of the molecule is CC(C)(C)c1ccc(C(O)c2ccccc2Br)cc1. The van der Waals surface area contributed by atoms with Crippen molar-refractivity contribution in [1.29, 1.82) is 0 Å². The summed E-state index contributed by atoms with van der Waals surface area (Å²) in [5, 5.41) is 10.4. The maximum Gasteiger partial charge on any atom is 0.105 e. The second-order valence-corrected chi connectivity index (χ2v) is 6.65. The minimum atomic E-state index is -0.593. The van der Waals surface area contributed by atoms with E-state index in [1.807, 2.05) is 36.4 Å². The summed E-state index contributed by atoms with van der Waals surface area (Å²) in [7, 11) is 0. The molecule has 0 aliphatic carbocycles. The molecule has 100 valence electrons. The van der Waals surface area contributed by atoms with Crippen molar-refractivity contribution < 1.29 is 5.11 Å². The fraction of sp³-hybridized carbons (Fsp3) is 0.294. The second kappa shape index (κ2) is 5.48. The van der Waals surface area contributed by atoms with E-state index in [1.165, 1.54) is 5.56 Å². The maximum atomic E-state index is 10.4. The molecule has 0 aromatic heterocycles. The van der Waals surface area contributed by atoms with Gasteiger partial charge in [0.1, 0.15) is 6.10 Å². The zero-order chi connectivity index (χ0) is 14.0. The summed E-state index contributed by atoms with van der Waals surface area (Å²) < 4.78 is 0.933. The predicted octanol–water partition coefficient (Wildman–Crippen LogP) is 4.83. The number of aliphatic hydroxyl groups is 1. The largest absolute Gasteiger partial charge is 0.384 e. The van der Waals surface area contributed by atoms with Crippen LogP contribution in [0, 0.1) is 0 Å². The van der Waals surface area contributed by atoms with Crippen LogP contribution in [0.5, 0.6) is 0 Å². The normalized spacial score (nSPS) is 13.3. The van der Waals surface area contributed by atoms with Gasteiger partial charge in [0.2, 0.25) is 0 Å². The molecule has 1 nitrogen and oxygen atoms in total. The van der Waals surface area contributed by atoms with Gasteiger partial charge in [-0.25, -0.2) is 0 Å². The van der Waals surface area contributed by atoms with Crippen molar-refractivity contribution in [3.8, 4) is 0 Å². The van der Waals surface area contributed by atoms with Crippen molar-refractivity contribution in [2.75, 3.05) is 0 Å². The molecule has 2 aromatic carbocycles. The van der Waals surface area contributed by atoms with Gasteiger partial charge in [0.25, 0.3) is 0 Å². The summed E-state index contributed by atoms with van der Waals surface area (Å²) in [6, 6.07) is 16.0. The molecular weight excluding hydrogens is 300 g/mol. The molecule has 0 saturated heterocycles. The van der Waals surface area contributed by atoms with E-state index in [9.17, 15) is 5.11 Å². The summed E-state index contributed by atoms with van der Waals surface area (Å²) in [5.41, 5.74) is 3.22. The Hall–Kier alpha value is -1.12. The Bertz CT molecular complexity index is 552. The zero-order valence-corrected chi connectivity index (χ0v) is 13.1. The van der Waals surface area contributed by atoms with Gasteiger partial charge in [-0.05, 0) is 28.2 Å². The molecule has 1 unspecified atom stereocenters. The molecule has 2 rings (SSSR count).